The van der Waals surface area contributed by atoms with Gasteiger partial charge < -0.3 is 21.3 Å². The number of para-hydroxylation sites is 1. The highest BCUT2D eigenvalue weighted by Crippen LogP contribution is 2.32. The van der Waals surface area contributed by atoms with Crippen LogP contribution in [0.1, 0.15) is 47.2 Å². The number of carbonyl (C=O) groups excluding carboxylic acids is 1. The normalized spacial score (nSPS) is 18.5. The standard InChI is InChI=1S/C26H28N2O3/c27-26(31)23-14-9-18(16-24(23)28-20-10-12-21(29)13-11-20)22-7-3-1-5-17(22)15-19-6-2-4-8-25(19)30/h1-9,14,16,20-21,28-30H,10-13,15H2,(H2,27,31). The monoisotopic (exact) mass is 416 g/mol. The van der Waals surface area contributed by atoms with Gasteiger partial charge in [0.1, 0.15) is 5.75 Å². The quantitative estimate of drug-likeness (QED) is 0.477. The first-order valence-corrected chi connectivity index (χ1v) is 10.7. The van der Waals surface area contributed by atoms with Gasteiger partial charge in [0, 0.05) is 18.2 Å². The Morgan fingerprint density at radius 1 is 0.935 bits per heavy atom. The van der Waals surface area contributed by atoms with Crippen molar-refractivity contribution in [1.29, 1.82) is 0 Å². The van der Waals surface area contributed by atoms with Crippen molar-refractivity contribution in [3.8, 4) is 16.9 Å². The first-order chi connectivity index (χ1) is 15.0. The molecule has 160 valence electrons. The molecular weight excluding hydrogens is 388 g/mol. The van der Waals surface area contributed by atoms with Crippen molar-refractivity contribution in [2.45, 2.75) is 44.2 Å². The molecule has 0 spiro atoms. The molecule has 0 unspecified atom stereocenters. The third-order valence-electron chi connectivity index (χ3n) is 6.04. The Balaban J connectivity index is 1.67. The number of hydrogen-bond donors (Lipinski definition) is 4. The summed E-state index contributed by atoms with van der Waals surface area (Å²) in [4.78, 5) is 12.0. The van der Waals surface area contributed by atoms with Gasteiger partial charge in [-0.3, -0.25) is 4.79 Å². The number of nitrogens with one attached hydrogen (secondary N) is 1. The number of aromatic hydroxyl groups is 1. The minimum atomic E-state index is -0.465. The molecule has 0 atom stereocenters. The summed E-state index contributed by atoms with van der Waals surface area (Å²) in [6.07, 6.45) is 3.59. The maximum Gasteiger partial charge on any atom is 0.250 e. The number of amides is 1. The van der Waals surface area contributed by atoms with E-state index in [2.05, 4.69) is 17.4 Å². The number of aliphatic hydroxyl groups is 1. The Labute approximate surface area is 182 Å². The van der Waals surface area contributed by atoms with E-state index in [1.165, 1.54) is 0 Å². The van der Waals surface area contributed by atoms with E-state index in [1.54, 1.807) is 12.1 Å². The molecule has 0 bridgehead atoms. The third-order valence-corrected chi connectivity index (χ3v) is 6.04. The summed E-state index contributed by atoms with van der Waals surface area (Å²) in [7, 11) is 0. The summed E-state index contributed by atoms with van der Waals surface area (Å²) in [5.41, 5.74) is 10.8. The van der Waals surface area contributed by atoms with Gasteiger partial charge in [0.25, 0.3) is 5.91 Å². The lowest BCUT2D eigenvalue weighted by atomic mass is 9.91. The molecular formula is C26H28N2O3. The van der Waals surface area contributed by atoms with E-state index in [9.17, 15) is 15.0 Å². The minimum Gasteiger partial charge on any atom is -0.508 e. The Kier molecular flexibility index (Phi) is 6.23. The van der Waals surface area contributed by atoms with Gasteiger partial charge >= 0.3 is 0 Å². The largest absolute Gasteiger partial charge is 0.508 e. The molecule has 3 aromatic rings. The van der Waals surface area contributed by atoms with Crippen LogP contribution in [0.2, 0.25) is 0 Å². The summed E-state index contributed by atoms with van der Waals surface area (Å²) in [5, 5.41) is 23.5. The van der Waals surface area contributed by atoms with Crippen LogP contribution in [0, 0.1) is 0 Å². The van der Waals surface area contributed by atoms with Crippen molar-refractivity contribution < 1.29 is 15.0 Å². The van der Waals surface area contributed by atoms with E-state index >= 15 is 0 Å². The lowest BCUT2D eigenvalue weighted by Crippen LogP contribution is -2.29. The molecule has 1 aliphatic carbocycles. The first-order valence-electron chi connectivity index (χ1n) is 10.7. The Hall–Kier alpha value is -3.31. The van der Waals surface area contributed by atoms with Gasteiger partial charge in [-0.2, -0.15) is 0 Å². The van der Waals surface area contributed by atoms with Crippen LogP contribution in [0.15, 0.2) is 66.7 Å². The number of nitrogens with two attached hydrogens (primary N) is 1. The van der Waals surface area contributed by atoms with Crippen molar-refractivity contribution >= 4 is 11.6 Å². The van der Waals surface area contributed by atoms with Gasteiger partial charge in [-0.05, 0) is 66.1 Å². The molecule has 5 nitrogen and oxygen atoms in total. The second kappa shape index (κ2) is 9.23. The van der Waals surface area contributed by atoms with E-state index in [-0.39, 0.29) is 17.9 Å². The zero-order valence-corrected chi connectivity index (χ0v) is 17.4. The summed E-state index contributed by atoms with van der Waals surface area (Å²) < 4.78 is 0. The van der Waals surface area contributed by atoms with Crippen molar-refractivity contribution in [2.24, 2.45) is 5.73 Å². The van der Waals surface area contributed by atoms with Crippen LogP contribution in [0.5, 0.6) is 5.75 Å². The van der Waals surface area contributed by atoms with Crippen molar-refractivity contribution in [3.63, 3.8) is 0 Å². The van der Waals surface area contributed by atoms with Gasteiger partial charge in [0.2, 0.25) is 0 Å². The van der Waals surface area contributed by atoms with Crippen LogP contribution in [0.25, 0.3) is 11.1 Å². The van der Waals surface area contributed by atoms with Crippen LogP contribution >= 0.6 is 0 Å². The van der Waals surface area contributed by atoms with Gasteiger partial charge in [0.05, 0.1) is 11.7 Å². The molecule has 0 radical (unpaired) electrons. The smallest absolute Gasteiger partial charge is 0.250 e. The molecule has 31 heavy (non-hydrogen) atoms. The number of phenolic OH excluding ortho intramolecular Hbond substituents is 1. The highest BCUT2D eigenvalue weighted by atomic mass is 16.3. The lowest BCUT2D eigenvalue weighted by molar-refractivity contribution is 0.100. The van der Waals surface area contributed by atoms with Gasteiger partial charge in [-0.15, -0.1) is 0 Å². The Bertz CT molecular complexity index is 1070. The molecule has 0 saturated heterocycles. The number of hydrogen-bond acceptors (Lipinski definition) is 4. The fourth-order valence-corrected chi connectivity index (χ4v) is 4.31. The zero-order valence-electron chi connectivity index (χ0n) is 17.4. The molecule has 0 aliphatic heterocycles. The van der Waals surface area contributed by atoms with Crippen molar-refractivity contribution in [2.75, 3.05) is 5.32 Å². The molecule has 1 amide bonds. The van der Waals surface area contributed by atoms with E-state index in [0.717, 1.165) is 53.6 Å². The van der Waals surface area contributed by atoms with E-state index in [0.29, 0.717) is 12.0 Å². The second-order valence-electron chi connectivity index (χ2n) is 8.24. The number of anilines is 1. The van der Waals surface area contributed by atoms with Crippen molar-refractivity contribution in [1.82, 2.24) is 0 Å². The van der Waals surface area contributed by atoms with Crippen molar-refractivity contribution in [3.05, 3.63) is 83.4 Å². The van der Waals surface area contributed by atoms with Gasteiger partial charge in [-0.1, -0.05) is 48.5 Å². The first kappa shape index (κ1) is 20.9. The molecule has 1 saturated carbocycles. The summed E-state index contributed by atoms with van der Waals surface area (Å²) in [5.74, 6) is -0.185. The van der Waals surface area contributed by atoms with Crippen LogP contribution in [-0.2, 0) is 6.42 Å². The lowest BCUT2D eigenvalue weighted by Gasteiger charge is -2.28. The molecule has 0 heterocycles. The maximum absolute atomic E-state index is 12.0. The number of phenols is 1. The molecule has 4 rings (SSSR count). The molecule has 1 aliphatic rings. The van der Waals surface area contributed by atoms with Crippen LogP contribution in [0.4, 0.5) is 5.69 Å². The SMILES string of the molecule is NC(=O)c1ccc(-c2ccccc2Cc2ccccc2O)cc1NC1CCC(O)CC1. The van der Waals surface area contributed by atoms with Gasteiger partial charge in [-0.25, -0.2) is 0 Å². The number of aliphatic hydroxyl groups excluding tert-OH is 1. The molecule has 5 N–H and O–H groups in total. The molecule has 1 fully saturated rings. The third kappa shape index (κ3) is 4.89. The summed E-state index contributed by atoms with van der Waals surface area (Å²) in [6.45, 7) is 0. The molecule has 5 heteroatoms. The highest BCUT2D eigenvalue weighted by molar-refractivity contribution is 5.99. The minimum absolute atomic E-state index is 0.202. The average Bonchev–Trinajstić information content (AvgIpc) is 2.77. The predicted octanol–water partition coefficient (Wildman–Crippen LogP) is 4.46. The average molecular weight is 417 g/mol. The fraction of sp³-hybridized carbons (Fsp3) is 0.269. The Morgan fingerprint density at radius 3 is 2.32 bits per heavy atom. The molecule has 3 aromatic carbocycles. The van der Waals surface area contributed by atoms with Crippen LogP contribution in [-0.4, -0.2) is 28.3 Å². The number of carbonyl (C=O) groups is 1. The summed E-state index contributed by atoms with van der Waals surface area (Å²) in [6, 6.07) is 21.3. The number of rotatable bonds is 6. The van der Waals surface area contributed by atoms with Crippen LogP contribution in [0.3, 0.4) is 0 Å². The van der Waals surface area contributed by atoms with E-state index < -0.39 is 5.91 Å². The molecule has 0 aromatic heterocycles. The van der Waals surface area contributed by atoms with Gasteiger partial charge in [0.15, 0.2) is 0 Å². The topological polar surface area (TPSA) is 95.6 Å². The van der Waals surface area contributed by atoms with Crippen LogP contribution < -0.4 is 11.1 Å². The second-order valence-corrected chi connectivity index (χ2v) is 8.24. The predicted molar refractivity (Wildman–Crippen MR) is 123 cm³/mol. The number of primary amides is 1. The fourth-order valence-electron chi connectivity index (χ4n) is 4.31. The maximum atomic E-state index is 12.0. The Morgan fingerprint density at radius 2 is 1.61 bits per heavy atom. The van der Waals surface area contributed by atoms with E-state index in [4.69, 9.17) is 5.73 Å². The summed E-state index contributed by atoms with van der Waals surface area (Å²) >= 11 is 0. The highest BCUT2D eigenvalue weighted by Gasteiger charge is 2.21. The zero-order chi connectivity index (χ0) is 21.8. The van der Waals surface area contributed by atoms with E-state index in [1.807, 2.05) is 42.5 Å². The number of benzene rings is 3.